The first-order chi connectivity index (χ1) is 24.3. The van der Waals surface area contributed by atoms with E-state index in [9.17, 15) is 24.0 Å². The number of esters is 2. The second-order valence-electron chi connectivity index (χ2n) is 19.3. The first-order valence-electron chi connectivity index (χ1n) is 20.3. The summed E-state index contributed by atoms with van der Waals surface area (Å²) in [7, 11) is 1.30. The number of unbranched alkanes of at least 4 members (excludes halogenated alkanes) is 4. The van der Waals surface area contributed by atoms with Crippen molar-refractivity contribution < 1.29 is 33.4 Å². The summed E-state index contributed by atoms with van der Waals surface area (Å²) in [5, 5.41) is 5.85. The largest absolute Gasteiger partial charge is 0.468 e. The van der Waals surface area contributed by atoms with Gasteiger partial charge in [-0.2, -0.15) is 0 Å². The summed E-state index contributed by atoms with van der Waals surface area (Å²) in [5.41, 5.74) is 0.252. The number of carbonyl (C=O) groups is 5. The molecule has 0 aliphatic heterocycles. The van der Waals surface area contributed by atoms with Crippen molar-refractivity contribution in [3.05, 3.63) is 11.6 Å². The maximum absolute atomic E-state index is 14.7. The smallest absolute Gasteiger partial charge is 0.325 e. The molecule has 2 N–H and O–H groups in total. The van der Waals surface area contributed by atoms with Crippen LogP contribution in [0.3, 0.4) is 0 Å². The van der Waals surface area contributed by atoms with Crippen molar-refractivity contribution in [3.8, 4) is 0 Å². The van der Waals surface area contributed by atoms with Crippen LogP contribution in [0.15, 0.2) is 11.6 Å². The highest BCUT2D eigenvalue weighted by Crippen LogP contribution is 2.75. The molecule has 2 amide bonds. The zero-order valence-corrected chi connectivity index (χ0v) is 33.8. The molecule has 9 nitrogen and oxygen atoms in total. The number of allylic oxidation sites excluding steroid dienone is 2. The summed E-state index contributed by atoms with van der Waals surface area (Å²) in [6.07, 6.45) is 15.4. The van der Waals surface area contributed by atoms with E-state index >= 15 is 0 Å². The van der Waals surface area contributed by atoms with Gasteiger partial charge in [0.05, 0.1) is 7.11 Å². The van der Waals surface area contributed by atoms with E-state index in [1.165, 1.54) is 19.6 Å². The van der Waals surface area contributed by atoms with Crippen molar-refractivity contribution in [1.29, 1.82) is 0 Å². The van der Waals surface area contributed by atoms with Crippen molar-refractivity contribution in [2.45, 2.75) is 158 Å². The van der Waals surface area contributed by atoms with Gasteiger partial charge >= 0.3 is 11.9 Å². The van der Waals surface area contributed by atoms with Gasteiger partial charge in [0.15, 0.2) is 5.78 Å². The lowest BCUT2D eigenvalue weighted by molar-refractivity contribution is -0.210. The van der Waals surface area contributed by atoms with Gasteiger partial charge < -0.3 is 20.1 Å². The van der Waals surface area contributed by atoms with Crippen LogP contribution in [0.4, 0.5) is 0 Å². The van der Waals surface area contributed by atoms with Crippen molar-refractivity contribution in [2.24, 2.45) is 50.2 Å². The number of rotatable bonds is 12. The minimum Gasteiger partial charge on any atom is -0.468 e. The van der Waals surface area contributed by atoms with Crippen molar-refractivity contribution >= 4 is 29.5 Å². The van der Waals surface area contributed by atoms with Crippen LogP contribution in [0, 0.1) is 50.2 Å². The molecule has 5 rings (SSSR count). The Labute approximate surface area is 312 Å². The van der Waals surface area contributed by atoms with Crippen LogP contribution in [0.2, 0.25) is 0 Å². The number of nitrogens with one attached hydrogen (secondary N) is 2. The molecule has 0 saturated heterocycles. The van der Waals surface area contributed by atoms with Gasteiger partial charge in [-0.3, -0.25) is 24.0 Å². The summed E-state index contributed by atoms with van der Waals surface area (Å²) < 4.78 is 10.4. The van der Waals surface area contributed by atoms with Crippen molar-refractivity contribution in [1.82, 2.24) is 10.6 Å². The predicted octanol–water partition coefficient (Wildman–Crippen LogP) is 7.64. The average Bonchev–Trinajstić information content (AvgIpc) is 3.07. The van der Waals surface area contributed by atoms with E-state index in [2.05, 4.69) is 69.9 Å². The molecule has 9 heteroatoms. The van der Waals surface area contributed by atoms with Gasteiger partial charge in [0, 0.05) is 36.6 Å². The summed E-state index contributed by atoms with van der Waals surface area (Å²) in [4.78, 5) is 63.7. The highest BCUT2D eigenvalue weighted by atomic mass is 16.5. The number of amides is 2. The number of fused-ring (bicyclic) bond motifs is 7. The van der Waals surface area contributed by atoms with Crippen LogP contribution in [-0.2, 0) is 33.4 Å². The lowest BCUT2D eigenvalue weighted by Crippen LogP contribution is -2.66. The fourth-order valence-electron chi connectivity index (χ4n) is 12.5. The molecule has 5 aliphatic rings. The monoisotopic (exact) mass is 725 g/mol. The molecule has 0 spiro atoms. The van der Waals surface area contributed by atoms with Crippen LogP contribution >= 0.6 is 0 Å². The van der Waals surface area contributed by atoms with E-state index in [4.69, 9.17) is 4.74 Å². The lowest BCUT2D eigenvalue weighted by Gasteiger charge is -2.70. The number of methoxy groups -OCH3 is 1. The summed E-state index contributed by atoms with van der Waals surface area (Å²) >= 11 is 0. The minimum atomic E-state index is -0.482. The molecule has 0 bridgehead atoms. The summed E-state index contributed by atoms with van der Waals surface area (Å²) in [6.45, 7) is 18.4. The van der Waals surface area contributed by atoms with E-state index in [1.807, 2.05) is 0 Å². The van der Waals surface area contributed by atoms with Crippen LogP contribution in [-0.4, -0.2) is 55.8 Å². The molecule has 4 saturated carbocycles. The molecule has 9 atom stereocenters. The third-order valence-electron chi connectivity index (χ3n) is 15.9. The molecule has 0 radical (unpaired) electrons. The maximum atomic E-state index is 14.7. The number of carbonyl (C=O) groups excluding carboxylic acids is 5. The van der Waals surface area contributed by atoms with E-state index < -0.39 is 11.4 Å². The average molecular weight is 725 g/mol. The summed E-state index contributed by atoms with van der Waals surface area (Å²) in [6, 6.07) is 0. The first-order valence-corrected chi connectivity index (χ1v) is 20.3. The van der Waals surface area contributed by atoms with Gasteiger partial charge in [0.2, 0.25) is 11.8 Å². The zero-order valence-electron chi connectivity index (χ0n) is 33.8. The Morgan fingerprint density at radius 3 is 2.19 bits per heavy atom. The molecule has 0 aromatic heterocycles. The normalized spacial score (nSPS) is 39.0. The van der Waals surface area contributed by atoms with Crippen LogP contribution < -0.4 is 10.6 Å². The number of ether oxygens (including phenoxy) is 2. The highest BCUT2D eigenvalue weighted by molar-refractivity contribution is 5.96. The predicted molar refractivity (Wildman–Crippen MR) is 201 cm³/mol. The molecule has 292 valence electrons. The molecular formula is C43H68N2O7. The Balaban J connectivity index is 1.23. The van der Waals surface area contributed by atoms with Gasteiger partial charge in [0.1, 0.15) is 12.6 Å². The van der Waals surface area contributed by atoms with E-state index in [-0.39, 0.29) is 75.1 Å². The molecule has 0 unspecified atom stereocenters. The van der Waals surface area contributed by atoms with Crippen molar-refractivity contribution in [2.75, 3.05) is 20.2 Å². The maximum Gasteiger partial charge on any atom is 0.325 e. The van der Waals surface area contributed by atoms with Gasteiger partial charge in [-0.15, -0.1) is 0 Å². The standard InChI is InChI=1S/C43H68N2O7/c1-28(46)52-33-17-18-41(6)32(38(33,2)3)16-19-43(8)36(41)31(47)25-29-30-26-40(5,21-20-39(30,4)22-23-42(29,43)7)37(50)44-24-14-12-10-11-13-15-34(48)45-27-35(49)51-9/h25,30,32-33,36H,10-24,26-27H2,1-9H3,(H,44,50)(H,45,48)/t30-,32-,33-,36+,39+,40-,41-,42+,43+/m0/s1. The SMILES string of the molecule is COC(=O)CNC(=O)CCCCCCCNC(=O)[C@@]1(C)CC[C@]2(C)CC[C@]3(C)C(=CC(=O)[C@@H]4[C@@]5(C)CC[C@H](OC(C)=O)C(C)(C)[C@@H]5CC[C@]43C)[C@@H]2C1. The van der Waals surface area contributed by atoms with Gasteiger partial charge in [0.25, 0.3) is 0 Å². The van der Waals surface area contributed by atoms with Crippen LogP contribution in [0.25, 0.3) is 0 Å². The topological polar surface area (TPSA) is 128 Å². The summed E-state index contributed by atoms with van der Waals surface area (Å²) in [5.74, 6) is 0.0234. The Bertz CT molecular complexity index is 1450. The molecule has 4 fully saturated rings. The molecule has 0 aromatic carbocycles. The lowest BCUT2D eigenvalue weighted by atomic mass is 9.33. The van der Waals surface area contributed by atoms with Crippen molar-refractivity contribution in [3.63, 3.8) is 0 Å². The second-order valence-corrected chi connectivity index (χ2v) is 19.3. The van der Waals surface area contributed by atoms with Gasteiger partial charge in [-0.1, -0.05) is 73.3 Å². The van der Waals surface area contributed by atoms with Gasteiger partial charge in [-0.25, -0.2) is 0 Å². The minimum absolute atomic E-state index is 0.0728. The number of ketones is 1. The molecule has 0 aromatic rings. The molecule has 5 aliphatic carbocycles. The fraction of sp³-hybridized carbons (Fsp3) is 0.837. The first kappa shape index (κ1) is 40.5. The third-order valence-corrected chi connectivity index (χ3v) is 15.9. The van der Waals surface area contributed by atoms with E-state index in [0.717, 1.165) is 89.9 Å². The molecule has 52 heavy (non-hydrogen) atoms. The van der Waals surface area contributed by atoms with Crippen LogP contribution in [0.5, 0.6) is 0 Å². The number of hydrogen-bond acceptors (Lipinski definition) is 7. The number of hydrogen-bond donors (Lipinski definition) is 2. The Kier molecular flexibility index (Phi) is 11.6. The zero-order chi connectivity index (χ0) is 38.3. The third kappa shape index (κ3) is 7.12. The molecular weight excluding hydrogens is 656 g/mol. The Hall–Kier alpha value is -2.71. The quantitative estimate of drug-likeness (QED) is 0.156. The molecule has 0 heterocycles. The van der Waals surface area contributed by atoms with Gasteiger partial charge in [-0.05, 0) is 110 Å². The van der Waals surface area contributed by atoms with E-state index in [0.29, 0.717) is 18.9 Å². The Morgan fingerprint density at radius 1 is 0.827 bits per heavy atom. The second kappa shape index (κ2) is 14.8. The highest BCUT2D eigenvalue weighted by Gasteiger charge is 2.70. The van der Waals surface area contributed by atoms with E-state index in [1.54, 1.807) is 0 Å². The Morgan fingerprint density at radius 2 is 1.50 bits per heavy atom. The fourth-order valence-corrected chi connectivity index (χ4v) is 12.5. The van der Waals surface area contributed by atoms with Crippen LogP contribution in [0.1, 0.15) is 152 Å².